The summed E-state index contributed by atoms with van der Waals surface area (Å²) in [5, 5.41) is 0. The maximum absolute atomic E-state index is 6.32. The lowest BCUT2D eigenvalue weighted by Crippen LogP contribution is -2.36. The van der Waals surface area contributed by atoms with E-state index in [1.807, 2.05) is 6.07 Å². The molecule has 0 N–H and O–H groups in total. The third-order valence-corrected chi connectivity index (χ3v) is 5.88. The molecule has 0 aliphatic carbocycles. The van der Waals surface area contributed by atoms with Crippen molar-refractivity contribution in [3.05, 3.63) is 35.9 Å². The molecule has 0 aromatic heterocycles. The molecule has 1 aromatic rings. The maximum Gasteiger partial charge on any atom is 0.208 e. The summed E-state index contributed by atoms with van der Waals surface area (Å²) >= 11 is 6.32. The predicted octanol–water partition coefficient (Wildman–Crippen LogP) is 3.86. The second-order valence-corrected chi connectivity index (χ2v) is 6.63. The van der Waals surface area contributed by atoms with Gasteiger partial charge in [-0.25, -0.2) is 4.67 Å². The summed E-state index contributed by atoms with van der Waals surface area (Å²) in [7, 11) is -0.911. The Morgan fingerprint density at radius 2 is 2.19 bits per heavy atom. The second kappa shape index (κ2) is 3.96. The highest BCUT2D eigenvalue weighted by molar-refractivity contribution is 7.78. The topological polar surface area (TPSA) is 12.5 Å². The predicted molar refractivity (Wildman–Crippen MR) is 67.4 cm³/mol. The van der Waals surface area contributed by atoms with Crippen molar-refractivity contribution in [1.29, 1.82) is 0 Å². The molecule has 2 heterocycles. The molecule has 0 saturated carbocycles. The van der Waals surface area contributed by atoms with Crippen molar-refractivity contribution in [2.24, 2.45) is 0 Å². The average Bonchev–Trinajstić information content (AvgIpc) is 2.86. The van der Waals surface area contributed by atoms with E-state index < -0.39 is 7.65 Å². The molecule has 2 fully saturated rings. The Labute approximate surface area is 102 Å². The Morgan fingerprint density at radius 3 is 2.94 bits per heavy atom. The molecule has 3 atom stereocenters. The normalized spacial score (nSPS) is 38.9. The SMILES string of the molecule is C[C@@]1(c2ccccc2)OP(Cl)N2CCC[C@@H]21. The largest absolute Gasteiger partial charge is 0.319 e. The summed E-state index contributed by atoms with van der Waals surface area (Å²) in [6, 6.07) is 10.9. The zero-order valence-electron chi connectivity index (χ0n) is 9.27. The molecule has 3 rings (SSSR count). The van der Waals surface area contributed by atoms with Crippen molar-refractivity contribution in [1.82, 2.24) is 4.67 Å². The first kappa shape index (κ1) is 11.0. The summed E-state index contributed by atoms with van der Waals surface area (Å²) in [4.78, 5) is 0. The van der Waals surface area contributed by atoms with E-state index in [0.717, 1.165) is 6.54 Å². The van der Waals surface area contributed by atoms with Gasteiger partial charge in [0.2, 0.25) is 7.65 Å². The van der Waals surface area contributed by atoms with Gasteiger partial charge in [0.1, 0.15) is 5.60 Å². The van der Waals surface area contributed by atoms with E-state index in [-0.39, 0.29) is 5.60 Å². The second-order valence-electron chi connectivity index (χ2n) is 4.61. The fourth-order valence-corrected chi connectivity index (χ4v) is 5.25. The van der Waals surface area contributed by atoms with E-state index in [9.17, 15) is 0 Å². The number of hydrogen-bond acceptors (Lipinski definition) is 2. The zero-order valence-corrected chi connectivity index (χ0v) is 10.9. The fourth-order valence-electron chi connectivity index (χ4n) is 2.78. The van der Waals surface area contributed by atoms with Crippen molar-refractivity contribution < 1.29 is 4.52 Å². The number of halogens is 1. The van der Waals surface area contributed by atoms with Gasteiger partial charge in [0.25, 0.3) is 0 Å². The van der Waals surface area contributed by atoms with Crippen LogP contribution in [0, 0.1) is 0 Å². The van der Waals surface area contributed by atoms with Crippen molar-refractivity contribution in [3.8, 4) is 0 Å². The average molecular weight is 256 g/mol. The molecule has 2 aliphatic heterocycles. The molecule has 4 heteroatoms. The van der Waals surface area contributed by atoms with Gasteiger partial charge in [0.05, 0.1) is 6.04 Å². The highest BCUT2D eigenvalue weighted by Gasteiger charge is 2.53. The first-order valence-electron chi connectivity index (χ1n) is 5.69. The number of hydrogen-bond donors (Lipinski definition) is 0. The lowest BCUT2D eigenvalue weighted by atomic mass is 9.87. The molecule has 1 unspecified atom stereocenters. The van der Waals surface area contributed by atoms with Gasteiger partial charge in [0, 0.05) is 6.54 Å². The molecule has 2 nitrogen and oxygen atoms in total. The van der Waals surface area contributed by atoms with Crippen LogP contribution < -0.4 is 0 Å². The van der Waals surface area contributed by atoms with Crippen LogP contribution in [0.4, 0.5) is 0 Å². The summed E-state index contributed by atoms with van der Waals surface area (Å²) < 4.78 is 8.40. The van der Waals surface area contributed by atoms with E-state index in [1.54, 1.807) is 0 Å². The van der Waals surface area contributed by atoms with Gasteiger partial charge in [0.15, 0.2) is 0 Å². The minimum Gasteiger partial charge on any atom is -0.319 e. The molecule has 1 aromatic carbocycles. The number of nitrogens with zero attached hydrogens (tertiary/aromatic N) is 1. The number of rotatable bonds is 1. The standard InChI is InChI=1S/C12H15ClNOP/c1-12(10-6-3-2-4-7-10)11-8-5-9-14(11)16(13)15-12/h2-4,6-7,11H,5,8-9H2,1H3/t11-,12+,16?/m1/s1. The minimum absolute atomic E-state index is 0.217. The van der Waals surface area contributed by atoms with E-state index in [1.165, 1.54) is 18.4 Å². The Kier molecular flexibility index (Phi) is 2.72. The summed E-state index contributed by atoms with van der Waals surface area (Å²) in [6.45, 7) is 3.26. The van der Waals surface area contributed by atoms with Crippen molar-refractivity contribution >= 4 is 18.9 Å². The van der Waals surface area contributed by atoms with Crippen LogP contribution in [0.25, 0.3) is 0 Å². The lowest BCUT2D eigenvalue weighted by Gasteiger charge is -2.29. The molecule has 16 heavy (non-hydrogen) atoms. The van der Waals surface area contributed by atoms with Gasteiger partial charge in [-0.1, -0.05) is 30.3 Å². The smallest absolute Gasteiger partial charge is 0.208 e. The Bertz CT molecular complexity index is 388. The first-order chi connectivity index (χ1) is 7.72. The molecule has 0 spiro atoms. The zero-order chi connectivity index (χ0) is 11.2. The Morgan fingerprint density at radius 1 is 1.44 bits per heavy atom. The molecule has 0 amide bonds. The minimum atomic E-state index is -0.911. The molecule has 0 bridgehead atoms. The van der Waals surface area contributed by atoms with E-state index in [0.29, 0.717) is 6.04 Å². The summed E-state index contributed by atoms with van der Waals surface area (Å²) in [5.74, 6) is 0. The molecule has 0 radical (unpaired) electrons. The van der Waals surface area contributed by atoms with Crippen LogP contribution >= 0.6 is 18.9 Å². The molecule has 2 saturated heterocycles. The van der Waals surface area contributed by atoms with E-state index in [4.69, 9.17) is 15.8 Å². The van der Waals surface area contributed by atoms with Crippen LogP contribution in [0.1, 0.15) is 25.3 Å². The first-order valence-corrected chi connectivity index (χ1v) is 7.81. The highest BCUT2D eigenvalue weighted by Crippen LogP contribution is 2.64. The van der Waals surface area contributed by atoms with Crippen LogP contribution in [0.15, 0.2) is 30.3 Å². The van der Waals surface area contributed by atoms with Crippen LogP contribution in [-0.2, 0) is 10.1 Å². The fraction of sp³-hybridized carbons (Fsp3) is 0.500. The van der Waals surface area contributed by atoms with Crippen LogP contribution in [0.3, 0.4) is 0 Å². The van der Waals surface area contributed by atoms with Crippen LogP contribution in [-0.4, -0.2) is 17.3 Å². The van der Waals surface area contributed by atoms with Crippen molar-refractivity contribution in [3.63, 3.8) is 0 Å². The Balaban J connectivity index is 1.99. The van der Waals surface area contributed by atoms with Gasteiger partial charge in [-0.15, -0.1) is 0 Å². The van der Waals surface area contributed by atoms with Crippen LogP contribution in [0.5, 0.6) is 0 Å². The highest BCUT2D eigenvalue weighted by atomic mass is 35.7. The summed E-state index contributed by atoms with van der Waals surface area (Å²) in [6.07, 6.45) is 2.43. The van der Waals surface area contributed by atoms with E-state index in [2.05, 4.69) is 35.9 Å². The van der Waals surface area contributed by atoms with Crippen molar-refractivity contribution in [2.75, 3.05) is 6.54 Å². The van der Waals surface area contributed by atoms with E-state index >= 15 is 0 Å². The number of fused-ring (bicyclic) bond motifs is 1. The quantitative estimate of drug-likeness (QED) is 0.707. The monoisotopic (exact) mass is 255 g/mol. The van der Waals surface area contributed by atoms with Gasteiger partial charge >= 0.3 is 0 Å². The molecular weight excluding hydrogens is 241 g/mol. The third-order valence-electron chi connectivity index (χ3n) is 3.67. The maximum atomic E-state index is 6.32. The Hall–Kier alpha value is -0.140. The molecule has 2 aliphatic rings. The van der Waals surface area contributed by atoms with Gasteiger partial charge in [-0.2, -0.15) is 0 Å². The van der Waals surface area contributed by atoms with Crippen molar-refractivity contribution in [2.45, 2.75) is 31.4 Å². The van der Waals surface area contributed by atoms with Gasteiger partial charge in [-0.05, 0) is 36.6 Å². The van der Waals surface area contributed by atoms with Gasteiger partial charge < -0.3 is 4.52 Å². The lowest BCUT2D eigenvalue weighted by molar-refractivity contribution is 0.0897. The molecular formula is C12H15ClNOP. The van der Waals surface area contributed by atoms with Gasteiger partial charge in [-0.3, -0.25) is 0 Å². The summed E-state index contributed by atoms with van der Waals surface area (Å²) in [5.41, 5.74) is 1.03. The van der Waals surface area contributed by atoms with Crippen LogP contribution in [0.2, 0.25) is 0 Å². The third kappa shape index (κ3) is 1.52. The molecule has 86 valence electrons. The number of benzene rings is 1.